The number of amides is 2. The van der Waals surface area contributed by atoms with Crippen molar-refractivity contribution in [3.05, 3.63) is 29.8 Å². The Balaban J connectivity index is 1.88. The molecule has 0 bridgehead atoms. The Kier molecular flexibility index (Phi) is 4.61. The molecule has 1 aromatic rings. The van der Waals surface area contributed by atoms with E-state index in [9.17, 15) is 9.59 Å². The number of nitrogens with zero attached hydrogens (tertiary/aromatic N) is 1. The van der Waals surface area contributed by atoms with E-state index in [2.05, 4.69) is 12.2 Å². The molecule has 5 nitrogen and oxygen atoms in total. The molecule has 1 aliphatic rings. The second-order valence-electron chi connectivity index (χ2n) is 5.23. The van der Waals surface area contributed by atoms with E-state index >= 15 is 0 Å². The van der Waals surface area contributed by atoms with Crippen molar-refractivity contribution in [1.82, 2.24) is 4.90 Å². The molecule has 108 valence electrons. The molecule has 2 rings (SSSR count). The van der Waals surface area contributed by atoms with E-state index in [0.717, 1.165) is 25.1 Å². The summed E-state index contributed by atoms with van der Waals surface area (Å²) in [6, 6.07) is 7.15. The van der Waals surface area contributed by atoms with Gasteiger partial charge >= 0.3 is 0 Å². The van der Waals surface area contributed by atoms with Crippen molar-refractivity contribution in [1.29, 1.82) is 0 Å². The summed E-state index contributed by atoms with van der Waals surface area (Å²) in [6.07, 6.45) is 3.37. The minimum atomic E-state index is -0.449. The van der Waals surface area contributed by atoms with Crippen LogP contribution in [-0.4, -0.2) is 35.8 Å². The van der Waals surface area contributed by atoms with Gasteiger partial charge in [-0.3, -0.25) is 9.59 Å². The van der Waals surface area contributed by atoms with Crippen molar-refractivity contribution in [3.8, 4) is 0 Å². The van der Waals surface area contributed by atoms with Crippen molar-refractivity contribution in [3.63, 3.8) is 0 Å². The summed E-state index contributed by atoms with van der Waals surface area (Å²) in [5, 5.41) is 3.09. The van der Waals surface area contributed by atoms with E-state index in [1.165, 1.54) is 6.42 Å². The summed E-state index contributed by atoms with van der Waals surface area (Å²) >= 11 is 0. The fourth-order valence-corrected chi connectivity index (χ4v) is 2.50. The third-order valence-corrected chi connectivity index (χ3v) is 3.74. The van der Waals surface area contributed by atoms with Gasteiger partial charge in [-0.25, -0.2) is 0 Å². The van der Waals surface area contributed by atoms with Gasteiger partial charge in [-0.1, -0.05) is 0 Å². The molecule has 1 atom stereocenters. The Hall–Kier alpha value is -2.04. The Morgan fingerprint density at radius 1 is 1.30 bits per heavy atom. The van der Waals surface area contributed by atoms with Gasteiger partial charge in [0, 0.05) is 23.8 Å². The smallest absolute Gasteiger partial charge is 0.248 e. The maximum absolute atomic E-state index is 12.1. The van der Waals surface area contributed by atoms with Crippen molar-refractivity contribution >= 4 is 17.5 Å². The quantitative estimate of drug-likeness (QED) is 0.876. The summed E-state index contributed by atoms with van der Waals surface area (Å²) in [4.78, 5) is 25.0. The number of nitrogens with one attached hydrogen (secondary N) is 1. The van der Waals surface area contributed by atoms with E-state index in [1.54, 1.807) is 24.3 Å². The predicted octanol–water partition coefficient (Wildman–Crippen LogP) is 1.60. The van der Waals surface area contributed by atoms with Crippen LogP contribution in [0.15, 0.2) is 24.3 Å². The van der Waals surface area contributed by atoms with Crippen molar-refractivity contribution in [2.24, 2.45) is 5.73 Å². The van der Waals surface area contributed by atoms with Crippen molar-refractivity contribution in [2.75, 3.05) is 18.4 Å². The largest absolute Gasteiger partial charge is 0.376 e. The lowest BCUT2D eigenvalue weighted by atomic mass is 10.0. The van der Waals surface area contributed by atoms with Crippen LogP contribution in [0.3, 0.4) is 0 Å². The maximum atomic E-state index is 12.1. The molecule has 2 amide bonds. The topological polar surface area (TPSA) is 75.4 Å². The Labute approximate surface area is 119 Å². The Morgan fingerprint density at radius 3 is 2.60 bits per heavy atom. The summed E-state index contributed by atoms with van der Waals surface area (Å²) < 4.78 is 0. The molecule has 1 aromatic carbocycles. The number of benzene rings is 1. The zero-order chi connectivity index (χ0) is 14.5. The lowest BCUT2D eigenvalue weighted by Gasteiger charge is -2.33. The predicted molar refractivity (Wildman–Crippen MR) is 78.5 cm³/mol. The highest BCUT2D eigenvalue weighted by Crippen LogP contribution is 2.16. The molecule has 0 radical (unpaired) electrons. The molecular formula is C15H21N3O2. The van der Waals surface area contributed by atoms with Gasteiger partial charge in [0.05, 0.1) is 6.54 Å². The van der Waals surface area contributed by atoms with Crippen LogP contribution >= 0.6 is 0 Å². The lowest BCUT2D eigenvalue weighted by molar-refractivity contribution is -0.132. The molecule has 0 saturated carbocycles. The van der Waals surface area contributed by atoms with Gasteiger partial charge in [0.1, 0.15) is 0 Å². The van der Waals surface area contributed by atoms with Gasteiger partial charge in [-0.2, -0.15) is 0 Å². The van der Waals surface area contributed by atoms with Crippen LogP contribution in [0.2, 0.25) is 0 Å². The number of nitrogens with two attached hydrogens (primary N) is 1. The van der Waals surface area contributed by atoms with E-state index in [-0.39, 0.29) is 12.5 Å². The Bertz CT molecular complexity index is 484. The van der Waals surface area contributed by atoms with E-state index < -0.39 is 5.91 Å². The van der Waals surface area contributed by atoms with Crippen LogP contribution in [-0.2, 0) is 4.79 Å². The summed E-state index contributed by atoms with van der Waals surface area (Å²) in [5.74, 6) is -0.328. The highest BCUT2D eigenvalue weighted by molar-refractivity contribution is 5.93. The van der Waals surface area contributed by atoms with E-state index in [4.69, 9.17) is 5.73 Å². The number of carbonyl (C=O) groups is 2. The summed E-state index contributed by atoms with van der Waals surface area (Å²) in [7, 11) is 0. The van der Waals surface area contributed by atoms with Gasteiger partial charge in [0.2, 0.25) is 11.8 Å². The highest BCUT2D eigenvalue weighted by atomic mass is 16.2. The lowest BCUT2D eigenvalue weighted by Crippen LogP contribution is -2.44. The zero-order valence-electron chi connectivity index (χ0n) is 11.8. The van der Waals surface area contributed by atoms with Crippen LogP contribution in [0, 0.1) is 0 Å². The SMILES string of the molecule is CC1CCCCN1C(=O)CNc1ccc(C(N)=O)cc1. The number of primary amides is 1. The first-order chi connectivity index (χ1) is 9.58. The molecule has 3 N–H and O–H groups in total. The second-order valence-corrected chi connectivity index (χ2v) is 5.23. The van der Waals surface area contributed by atoms with Crippen molar-refractivity contribution in [2.45, 2.75) is 32.2 Å². The minimum Gasteiger partial charge on any atom is -0.376 e. The molecule has 5 heteroatoms. The second kappa shape index (κ2) is 6.41. The third-order valence-electron chi connectivity index (χ3n) is 3.74. The number of anilines is 1. The number of piperidine rings is 1. The fourth-order valence-electron chi connectivity index (χ4n) is 2.50. The molecule has 0 spiro atoms. The van der Waals surface area contributed by atoms with E-state index in [0.29, 0.717) is 11.6 Å². The van der Waals surface area contributed by atoms with Crippen LogP contribution in [0.1, 0.15) is 36.5 Å². The molecule has 1 heterocycles. The summed E-state index contributed by atoms with van der Waals surface area (Å²) in [5.41, 5.74) is 6.46. The first kappa shape index (κ1) is 14.4. The first-order valence-corrected chi connectivity index (χ1v) is 7.01. The Morgan fingerprint density at radius 2 is 2.00 bits per heavy atom. The zero-order valence-corrected chi connectivity index (χ0v) is 11.8. The third kappa shape index (κ3) is 3.50. The molecule has 1 unspecified atom stereocenters. The normalized spacial score (nSPS) is 18.6. The van der Waals surface area contributed by atoms with Crippen LogP contribution in [0.25, 0.3) is 0 Å². The molecule has 1 saturated heterocycles. The minimum absolute atomic E-state index is 0.121. The van der Waals surface area contributed by atoms with Crippen LogP contribution in [0.5, 0.6) is 0 Å². The molecule has 20 heavy (non-hydrogen) atoms. The summed E-state index contributed by atoms with van der Waals surface area (Å²) in [6.45, 7) is 3.22. The van der Waals surface area contributed by atoms with Gasteiger partial charge in [0.25, 0.3) is 0 Å². The monoisotopic (exact) mass is 275 g/mol. The number of rotatable bonds is 4. The fraction of sp³-hybridized carbons (Fsp3) is 0.467. The molecule has 1 fully saturated rings. The van der Waals surface area contributed by atoms with Crippen LogP contribution < -0.4 is 11.1 Å². The molecule has 0 aliphatic carbocycles. The number of carbonyl (C=O) groups excluding carboxylic acids is 2. The first-order valence-electron chi connectivity index (χ1n) is 7.01. The number of hydrogen-bond donors (Lipinski definition) is 2. The van der Waals surface area contributed by atoms with Gasteiger partial charge in [0.15, 0.2) is 0 Å². The van der Waals surface area contributed by atoms with Gasteiger partial charge < -0.3 is 16.0 Å². The average molecular weight is 275 g/mol. The van der Waals surface area contributed by atoms with E-state index in [1.807, 2.05) is 4.90 Å². The average Bonchev–Trinajstić information content (AvgIpc) is 2.45. The standard InChI is InChI=1S/C15H21N3O2/c1-11-4-2-3-9-18(11)14(19)10-17-13-7-5-12(6-8-13)15(16)20/h5-8,11,17H,2-4,9-10H2,1H3,(H2,16,20). The number of hydrogen-bond acceptors (Lipinski definition) is 3. The number of likely N-dealkylation sites (tertiary alicyclic amines) is 1. The van der Waals surface area contributed by atoms with Crippen molar-refractivity contribution < 1.29 is 9.59 Å². The van der Waals surface area contributed by atoms with Gasteiger partial charge in [-0.15, -0.1) is 0 Å². The molecule has 1 aliphatic heterocycles. The molecule has 0 aromatic heterocycles. The van der Waals surface area contributed by atoms with Gasteiger partial charge in [-0.05, 0) is 50.5 Å². The molecular weight excluding hydrogens is 254 g/mol. The highest BCUT2D eigenvalue weighted by Gasteiger charge is 2.22. The maximum Gasteiger partial charge on any atom is 0.248 e. The van der Waals surface area contributed by atoms with Crippen LogP contribution in [0.4, 0.5) is 5.69 Å².